The van der Waals surface area contributed by atoms with E-state index in [0.717, 1.165) is 16.7 Å². The molecule has 2 rings (SSSR count). The van der Waals surface area contributed by atoms with Gasteiger partial charge in [-0.25, -0.2) is 4.79 Å². The SMILES string of the molecule is Cc1ccc(C)c(-c2oc(Cl)cc2C(=O)O)c1. The highest BCUT2D eigenvalue weighted by Crippen LogP contribution is 2.32. The van der Waals surface area contributed by atoms with E-state index in [-0.39, 0.29) is 10.8 Å². The van der Waals surface area contributed by atoms with Crippen LogP contribution in [0.5, 0.6) is 0 Å². The molecule has 0 aliphatic rings. The van der Waals surface area contributed by atoms with E-state index in [9.17, 15) is 4.79 Å². The normalized spacial score (nSPS) is 10.5. The Morgan fingerprint density at radius 3 is 2.65 bits per heavy atom. The van der Waals surface area contributed by atoms with E-state index in [2.05, 4.69) is 0 Å². The molecule has 0 aliphatic carbocycles. The Hall–Kier alpha value is -1.74. The maximum absolute atomic E-state index is 11.1. The first kappa shape index (κ1) is 11.7. The van der Waals surface area contributed by atoms with Crippen molar-refractivity contribution in [1.82, 2.24) is 0 Å². The van der Waals surface area contributed by atoms with Crippen LogP contribution >= 0.6 is 11.6 Å². The zero-order valence-corrected chi connectivity index (χ0v) is 10.2. The van der Waals surface area contributed by atoms with E-state index in [1.165, 1.54) is 6.07 Å². The van der Waals surface area contributed by atoms with Crippen LogP contribution in [0.25, 0.3) is 11.3 Å². The summed E-state index contributed by atoms with van der Waals surface area (Å²) in [5, 5.41) is 9.16. The number of carboxylic acid groups (broad SMARTS) is 1. The monoisotopic (exact) mass is 250 g/mol. The summed E-state index contributed by atoms with van der Waals surface area (Å²) in [6.07, 6.45) is 0. The zero-order chi connectivity index (χ0) is 12.6. The second-order valence-electron chi connectivity index (χ2n) is 3.92. The molecule has 0 saturated carbocycles. The molecule has 0 saturated heterocycles. The van der Waals surface area contributed by atoms with Gasteiger partial charge in [0.15, 0.2) is 11.0 Å². The van der Waals surface area contributed by atoms with Gasteiger partial charge >= 0.3 is 5.97 Å². The topological polar surface area (TPSA) is 50.4 Å². The summed E-state index contributed by atoms with van der Waals surface area (Å²) in [6.45, 7) is 3.84. The molecule has 4 heteroatoms. The molecular formula is C13H11ClO3. The summed E-state index contributed by atoms with van der Waals surface area (Å²) in [4.78, 5) is 11.1. The van der Waals surface area contributed by atoms with Crippen molar-refractivity contribution in [3.63, 3.8) is 0 Å². The van der Waals surface area contributed by atoms with Crippen molar-refractivity contribution in [3.8, 4) is 11.3 Å². The third-order valence-corrected chi connectivity index (χ3v) is 2.76. The molecule has 0 fully saturated rings. The van der Waals surface area contributed by atoms with Gasteiger partial charge in [-0.1, -0.05) is 17.7 Å². The molecule has 1 aromatic carbocycles. The molecule has 0 bridgehead atoms. The fourth-order valence-corrected chi connectivity index (χ4v) is 1.89. The number of halogens is 1. The van der Waals surface area contributed by atoms with Crippen molar-refractivity contribution < 1.29 is 14.3 Å². The van der Waals surface area contributed by atoms with Crippen molar-refractivity contribution in [1.29, 1.82) is 0 Å². The molecule has 2 aromatic rings. The van der Waals surface area contributed by atoms with Gasteiger partial charge in [-0.05, 0) is 37.1 Å². The third-order valence-electron chi connectivity index (χ3n) is 2.57. The van der Waals surface area contributed by atoms with Crippen molar-refractivity contribution in [2.24, 2.45) is 0 Å². The summed E-state index contributed by atoms with van der Waals surface area (Å²) in [5.74, 6) is -0.736. The minimum atomic E-state index is -1.04. The van der Waals surface area contributed by atoms with Crippen LogP contribution < -0.4 is 0 Å². The molecule has 1 N–H and O–H groups in total. The van der Waals surface area contributed by atoms with Crippen LogP contribution in [0.4, 0.5) is 0 Å². The summed E-state index contributed by atoms with van der Waals surface area (Å²) in [7, 11) is 0. The first-order chi connectivity index (χ1) is 7.99. The lowest BCUT2D eigenvalue weighted by Gasteiger charge is -2.05. The number of rotatable bonds is 2. The molecule has 1 aromatic heterocycles. The van der Waals surface area contributed by atoms with Gasteiger partial charge in [0.2, 0.25) is 0 Å². The van der Waals surface area contributed by atoms with E-state index in [1.54, 1.807) is 0 Å². The lowest BCUT2D eigenvalue weighted by atomic mass is 10.0. The number of hydrogen-bond donors (Lipinski definition) is 1. The van der Waals surface area contributed by atoms with Crippen LogP contribution in [0.3, 0.4) is 0 Å². The molecule has 0 amide bonds. The Balaban J connectivity index is 2.67. The maximum Gasteiger partial charge on any atom is 0.339 e. The predicted molar refractivity (Wildman–Crippen MR) is 65.6 cm³/mol. The molecule has 0 spiro atoms. The van der Waals surface area contributed by atoms with Crippen molar-refractivity contribution in [2.75, 3.05) is 0 Å². The number of furan rings is 1. The summed E-state index contributed by atoms with van der Waals surface area (Å²) in [5.41, 5.74) is 2.83. The molecule has 0 aliphatic heterocycles. The van der Waals surface area contributed by atoms with Gasteiger partial charge in [-0.2, -0.15) is 0 Å². The summed E-state index contributed by atoms with van der Waals surface area (Å²) in [6, 6.07) is 7.09. The highest BCUT2D eigenvalue weighted by atomic mass is 35.5. The minimum Gasteiger partial charge on any atom is -0.478 e. The van der Waals surface area contributed by atoms with Gasteiger partial charge in [0, 0.05) is 11.6 Å². The van der Waals surface area contributed by atoms with Gasteiger partial charge in [-0.3, -0.25) is 0 Å². The van der Waals surface area contributed by atoms with Crippen molar-refractivity contribution in [3.05, 3.63) is 46.2 Å². The van der Waals surface area contributed by atoms with E-state index in [1.807, 2.05) is 32.0 Å². The molecule has 1 heterocycles. The third kappa shape index (κ3) is 2.19. The smallest absolute Gasteiger partial charge is 0.339 e. The minimum absolute atomic E-state index is 0.0818. The Labute approximate surface area is 104 Å². The maximum atomic E-state index is 11.1. The largest absolute Gasteiger partial charge is 0.478 e. The fraction of sp³-hybridized carbons (Fsp3) is 0.154. The van der Waals surface area contributed by atoms with Crippen LogP contribution in [0.15, 0.2) is 28.7 Å². The second-order valence-corrected chi connectivity index (χ2v) is 4.29. The fourth-order valence-electron chi connectivity index (χ4n) is 1.70. The molecule has 0 radical (unpaired) electrons. The Morgan fingerprint density at radius 2 is 2.00 bits per heavy atom. The van der Waals surface area contributed by atoms with Gasteiger partial charge in [-0.15, -0.1) is 0 Å². The standard InChI is InChI=1S/C13H11ClO3/c1-7-3-4-8(2)9(5-7)12-10(13(15)16)6-11(14)17-12/h3-6H,1-2H3,(H,15,16). The highest BCUT2D eigenvalue weighted by molar-refractivity contribution is 6.29. The Kier molecular flexibility index (Phi) is 2.94. The lowest BCUT2D eigenvalue weighted by Crippen LogP contribution is -1.97. The van der Waals surface area contributed by atoms with Crippen molar-refractivity contribution >= 4 is 17.6 Å². The molecule has 17 heavy (non-hydrogen) atoms. The molecule has 0 unspecified atom stereocenters. The van der Waals surface area contributed by atoms with Crippen LogP contribution in [0.2, 0.25) is 5.22 Å². The number of benzene rings is 1. The van der Waals surface area contributed by atoms with Gasteiger partial charge in [0.05, 0.1) is 0 Å². The first-order valence-electron chi connectivity index (χ1n) is 5.09. The number of aryl methyl sites for hydroxylation is 2. The number of carbonyl (C=O) groups is 1. The molecule has 0 atom stereocenters. The quantitative estimate of drug-likeness (QED) is 0.879. The molecule has 3 nitrogen and oxygen atoms in total. The van der Waals surface area contributed by atoms with Crippen LogP contribution in [0.1, 0.15) is 21.5 Å². The van der Waals surface area contributed by atoms with E-state index < -0.39 is 5.97 Å². The first-order valence-corrected chi connectivity index (χ1v) is 5.47. The second kappa shape index (κ2) is 4.26. The summed E-state index contributed by atoms with van der Waals surface area (Å²) < 4.78 is 5.28. The van der Waals surface area contributed by atoms with Gasteiger partial charge in [0.25, 0.3) is 0 Å². The number of carboxylic acids is 1. The summed E-state index contributed by atoms with van der Waals surface area (Å²) >= 11 is 5.72. The van der Waals surface area contributed by atoms with Crippen molar-refractivity contribution in [2.45, 2.75) is 13.8 Å². The van der Waals surface area contributed by atoms with Crippen LogP contribution in [-0.2, 0) is 0 Å². The lowest BCUT2D eigenvalue weighted by molar-refractivity contribution is 0.0697. The Morgan fingerprint density at radius 1 is 1.29 bits per heavy atom. The van der Waals surface area contributed by atoms with Gasteiger partial charge in [0.1, 0.15) is 5.56 Å². The van der Waals surface area contributed by atoms with Crippen LogP contribution in [0, 0.1) is 13.8 Å². The number of aromatic carboxylic acids is 1. The zero-order valence-electron chi connectivity index (χ0n) is 9.45. The average Bonchev–Trinajstić information content (AvgIpc) is 2.64. The molecule has 88 valence electrons. The average molecular weight is 251 g/mol. The highest BCUT2D eigenvalue weighted by Gasteiger charge is 2.19. The van der Waals surface area contributed by atoms with Crippen LogP contribution in [-0.4, -0.2) is 11.1 Å². The van der Waals surface area contributed by atoms with E-state index in [4.69, 9.17) is 21.1 Å². The Bertz CT molecular complexity index is 584. The van der Waals surface area contributed by atoms with E-state index in [0.29, 0.717) is 5.76 Å². The van der Waals surface area contributed by atoms with E-state index >= 15 is 0 Å². The number of hydrogen-bond acceptors (Lipinski definition) is 2. The predicted octanol–water partition coefficient (Wildman–Crippen LogP) is 3.92. The molecular weight excluding hydrogens is 240 g/mol. The van der Waals surface area contributed by atoms with Gasteiger partial charge < -0.3 is 9.52 Å².